The maximum atomic E-state index is 13.4. The Labute approximate surface area is 89.9 Å². The fourth-order valence-corrected chi connectivity index (χ4v) is 2.19. The molecule has 1 fully saturated rings. The van der Waals surface area contributed by atoms with Crippen LogP contribution in [0, 0.1) is 16.6 Å². The van der Waals surface area contributed by atoms with Crippen molar-refractivity contribution in [2.24, 2.45) is 10.8 Å². The van der Waals surface area contributed by atoms with Crippen molar-refractivity contribution in [2.45, 2.75) is 33.7 Å². The van der Waals surface area contributed by atoms with Crippen LogP contribution in [0.15, 0.2) is 18.3 Å². The monoisotopic (exact) mass is 208 g/mol. The van der Waals surface area contributed by atoms with Gasteiger partial charge in [0.15, 0.2) is 11.6 Å². The molecule has 1 aliphatic carbocycles. The lowest BCUT2D eigenvalue weighted by atomic mass is 10.0. The van der Waals surface area contributed by atoms with Crippen molar-refractivity contribution in [1.82, 2.24) is 4.98 Å². The Kier molecular flexibility index (Phi) is 2.04. The Morgan fingerprint density at radius 2 is 1.87 bits per heavy atom. The molecule has 1 N–H and O–H groups in total. The van der Waals surface area contributed by atoms with Gasteiger partial charge in [-0.15, -0.1) is 0 Å². The molecule has 3 heteroatoms. The Morgan fingerprint density at radius 3 is 2.33 bits per heavy atom. The molecule has 82 valence electrons. The number of hydrogen-bond donors (Lipinski definition) is 1. The van der Waals surface area contributed by atoms with Crippen LogP contribution in [0.3, 0.4) is 0 Å². The maximum absolute atomic E-state index is 13.4. The number of nitrogens with one attached hydrogen (secondary N) is 1. The van der Waals surface area contributed by atoms with Crippen LogP contribution in [-0.2, 0) is 0 Å². The fraction of sp³-hybridized carbons (Fsp3) is 0.583. The lowest BCUT2D eigenvalue weighted by molar-refractivity contribution is 0.457. The van der Waals surface area contributed by atoms with E-state index in [0.29, 0.717) is 5.82 Å². The van der Waals surface area contributed by atoms with Crippen LogP contribution in [0.1, 0.15) is 27.7 Å². The van der Waals surface area contributed by atoms with E-state index in [9.17, 15) is 4.39 Å². The first kappa shape index (κ1) is 10.4. The highest BCUT2D eigenvalue weighted by Gasteiger charge is 2.65. The van der Waals surface area contributed by atoms with Crippen LogP contribution >= 0.6 is 0 Å². The molecule has 15 heavy (non-hydrogen) atoms. The Bertz CT molecular complexity index is 371. The van der Waals surface area contributed by atoms with E-state index in [1.807, 2.05) is 0 Å². The fourth-order valence-electron chi connectivity index (χ4n) is 2.19. The van der Waals surface area contributed by atoms with Crippen LogP contribution in [0.4, 0.5) is 10.2 Å². The highest BCUT2D eigenvalue weighted by Crippen LogP contribution is 2.63. The molecule has 1 heterocycles. The molecule has 1 aromatic heterocycles. The molecule has 2 rings (SSSR count). The van der Waals surface area contributed by atoms with E-state index in [4.69, 9.17) is 0 Å². The summed E-state index contributed by atoms with van der Waals surface area (Å²) in [5.74, 6) is 0.0807. The average Bonchev–Trinajstić information content (AvgIpc) is 2.51. The van der Waals surface area contributed by atoms with Gasteiger partial charge in [0.25, 0.3) is 0 Å². The first-order valence-electron chi connectivity index (χ1n) is 5.24. The van der Waals surface area contributed by atoms with E-state index in [-0.39, 0.29) is 22.7 Å². The number of hydrogen-bond acceptors (Lipinski definition) is 2. The third-order valence-electron chi connectivity index (χ3n) is 4.06. The summed E-state index contributed by atoms with van der Waals surface area (Å²) >= 11 is 0. The van der Waals surface area contributed by atoms with Crippen molar-refractivity contribution in [3.63, 3.8) is 0 Å². The zero-order valence-corrected chi connectivity index (χ0v) is 9.63. The highest BCUT2D eigenvalue weighted by atomic mass is 19.1. The molecule has 0 radical (unpaired) electrons. The number of pyridine rings is 1. The summed E-state index contributed by atoms with van der Waals surface area (Å²) in [5, 5.41) is 3.18. The topological polar surface area (TPSA) is 24.9 Å². The SMILES string of the molecule is CC1(C)C(Nc2ncccc2F)C1(C)C. The van der Waals surface area contributed by atoms with Crippen molar-refractivity contribution >= 4 is 5.82 Å². The maximum Gasteiger partial charge on any atom is 0.165 e. The molecule has 1 aliphatic rings. The molecule has 0 bridgehead atoms. The Hall–Kier alpha value is -1.12. The van der Waals surface area contributed by atoms with Crippen LogP contribution in [0.25, 0.3) is 0 Å². The summed E-state index contributed by atoms with van der Waals surface area (Å²) in [6.45, 7) is 8.74. The van der Waals surface area contributed by atoms with Gasteiger partial charge < -0.3 is 5.32 Å². The summed E-state index contributed by atoms with van der Waals surface area (Å²) in [6.07, 6.45) is 1.60. The van der Waals surface area contributed by atoms with E-state index >= 15 is 0 Å². The smallest absolute Gasteiger partial charge is 0.165 e. The molecule has 0 spiro atoms. The van der Waals surface area contributed by atoms with Gasteiger partial charge in [0.05, 0.1) is 0 Å². The van der Waals surface area contributed by atoms with E-state index in [1.165, 1.54) is 6.07 Å². The van der Waals surface area contributed by atoms with E-state index < -0.39 is 0 Å². The van der Waals surface area contributed by atoms with Crippen molar-refractivity contribution in [2.75, 3.05) is 5.32 Å². The molecule has 0 saturated heterocycles. The summed E-state index contributed by atoms with van der Waals surface area (Å²) in [7, 11) is 0. The third-order valence-corrected chi connectivity index (χ3v) is 4.06. The number of nitrogens with zero attached hydrogens (tertiary/aromatic N) is 1. The standard InChI is InChI=1S/C12H17FN2/c1-11(2)10(12(11,3)4)15-9-8(13)6-5-7-14-9/h5-7,10H,1-4H3,(H,14,15). The minimum absolute atomic E-state index is 0.191. The van der Waals surface area contributed by atoms with Crippen LogP contribution < -0.4 is 5.32 Å². The van der Waals surface area contributed by atoms with E-state index in [0.717, 1.165) is 0 Å². The molecule has 0 aromatic carbocycles. The molecule has 0 amide bonds. The summed E-state index contributed by atoms with van der Waals surface area (Å²) < 4.78 is 13.4. The quantitative estimate of drug-likeness (QED) is 0.808. The van der Waals surface area contributed by atoms with E-state index in [2.05, 4.69) is 38.0 Å². The molecular formula is C12H17FN2. The highest BCUT2D eigenvalue weighted by molar-refractivity contribution is 5.42. The molecule has 1 aromatic rings. The molecule has 0 unspecified atom stereocenters. The lowest BCUT2D eigenvalue weighted by Crippen LogP contribution is -2.12. The van der Waals surface area contributed by atoms with Crippen LogP contribution in [0.5, 0.6) is 0 Å². The lowest BCUT2D eigenvalue weighted by Gasteiger charge is -2.07. The van der Waals surface area contributed by atoms with Crippen molar-refractivity contribution in [1.29, 1.82) is 0 Å². The van der Waals surface area contributed by atoms with Gasteiger partial charge in [-0.25, -0.2) is 9.37 Å². The largest absolute Gasteiger partial charge is 0.364 e. The van der Waals surface area contributed by atoms with Gasteiger partial charge in [0, 0.05) is 12.2 Å². The second-order valence-electron chi connectivity index (χ2n) is 5.35. The van der Waals surface area contributed by atoms with Crippen molar-refractivity contribution < 1.29 is 4.39 Å². The summed E-state index contributed by atoms with van der Waals surface area (Å²) in [4.78, 5) is 4.00. The molecule has 0 aliphatic heterocycles. The van der Waals surface area contributed by atoms with Gasteiger partial charge in [0.1, 0.15) is 0 Å². The van der Waals surface area contributed by atoms with Crippen molar-refractivity contribution in [3.05, 3.63) is 24.1 Å². The zero-order valence-electron chi connectivity index (χ0n) is 9.63. The number of rotatable bonds is 2. The number of anilines is 1. The average molecular weight is 208 g/mol. The molecule has 2 nitrogen and oxygen atoms in total. The predicted octanol–water partition coefficient (Wildman–Crippen LogP) is 3.07. The van der Waals surface area contributed by atoms with E-state index in [1.54, 1.807) is 12.3 Å². The Morgan fingerprint density at radius 1 is 1.27 bits per heavy atom. The van der Waals surface area contributed by atoms with Gasteiger partial charge in [0.2, 0.25) is 0 Å². The Balaban J connectivity index is 2.16. The first-order valence-corrected chi connectivity index (χ1v) is 5.24. The zero-order chi connectivity index (χ0) is 11.3. The second-order valence-corrected chi connectivity index (χ2v) is 5.35. The molecule has 1 saturated carbocycles. The summed E-state index contributed by atoms with van der Waals surface area (Å²) in [5.41, 5.74) is 0.383. The van der Waals surface area contributed by atoms with Gasteiger partial charge in [-0.2, -0.15) is 0 Å². The van der Waals surface area contributed by atoms with Crippen LogP contribution in [0.2, 0.25) is 0 Å². The normalized spacial score (nSPS) is 22.5. The second kappa shape index (κ2) is 2.94. The molecular weight excluding hydrogens is 191 g/mol. The minimum atomic E-state index is -0.281. The molecule has 0 atom stereocenters. The third kappa shape index (κ3) is 1.41. The van der Waals surface area contributed by atoms with Gasteiger partial charge in [-0.05, 0) is 23.0 Å². The first-order chi connectivity index (χ1) is 6.87. The number of halogens is 1. The van der Waals surface area contributed by atoms with Crippen LogP contribution in [-0.4, -0.2) is 11.0 Å². The van der Waals surface area contributed by atoms with Gasteiger partial charge in [-0.3, -0.25) is 0 Å². The number of aromatic nitrogens is 1. The van der Waals surface area contributed by atoms with Gasteiger partial charge in [-0.1, -0.05) is 27.7 Å². The van der Waals surface area contributed by atoms with Gasteiger partial charge >= 0.3 is 0 Å². The van der Waals surface area contributed by atoms with Crippen molar-refractivity contribution in [3.8, 4) is 0 Å². The minimum Gasteiger partial charge on any atom is -0.364 e. The predicted molar refractivity (Wildman–Crippen MR) is 59.2 cm³/mol. The summed E-state index contributed by atoms with van der Waals surface area (Å²) in [6, 6.07) is 3.32.